The molecule has 1 aromatic heterocycles. The van der Waals surface area contributed by atoms with Crippen LogP contribution in [-0.2, 0) is 6.54 Å². The van der Waals surface area contributed by atoms with E-state index in [0.29, 0.717) is 0 Å². The number of benzene rings is 1. The van der Waals surface area contributed by atoms with E-state index in [-0.39, 0.29) is 11.4 Å². The summed E-state index contributed by atoms with van der Waals surface area (Å²) in [5.41, 5.74) is 1.19. The summed E-state index contributed by atoms with van der Waals surface area (Å²) in [5, 5.41) is 3.53. The van der Waals surface area contributed by atoms with Crippen LogP contribution in [0.4, 0.5) is 4.39 Å². The molecule has 1 fully saturated rings. The molecule has 0 unspecified atom stereocenters. The zero-order valence-electron chi connectivity index (χ0n) is 11.1. The number of halogens is 1. The molecule has 1 saturated carbocycles. The predicted molar refractivity (Wildman–Crippen MR) is 73.2 cm³/mol. The third-order valence-electron chi connectivity index (χ3n) is 3.94. The molecule has 0 atom stereocenters. The topological polar surface area (TPSA) is 25.2 Å². The number of hydrogen-bond donors (Lipinski definition) is 1. The van der Waals surface area contributed by atoms with Gasteiger partial charge in [-0.1, -0.05) is 0 Å². The minimum absolute atomic E-state index is 0.227. The molecular formula is C16H18FNO. The summed E-state index contributed by atoms with van der Waals surface area (Å²) in [5.74, 6) is 1.48. The number of furan rings is 1. The summed E-state index contributed by atoms with van der Waals surface area (Å²) >= 11 is 0. The van der Waals surface area contributed by atoms with Gasteiger partial charge in [0.25, 0.3) is 0 Å². The highest BCUT2D eigenvalue weighted by Gasteiger charge is 2.30. The third kappa shape index (κ3) is 2.71. The van der Waals surface area contributed by atoms with Gasteiger partial charge in [-0.15, -0.1) is 0 Å². The van der Waals surface area contributed by atoms with Crippen molar-refractivity contribution in [2.45, 2.75) is 38.3 Å². The van der Waals surface area contributed by atoms with Crippen molar-refractivity contribution < 1.29 is 8.81 Å². The molecule has 0 bridgehead atoms. The van der Waals surface area contributed by atoms with Crippen molar-refractivity contribution in [3.8, 4) is 11.3 Å². The maximum Gasteiger partial charge on any atom is 0.134 e. The van der Waals surface area contributed by atoms with Crippen LogP contribution >= 0.6 is 0 Å². The van der Waals surface area contributed by atoms with Gasteiger partial charge in [0.05, 0.1) is 6.54 Å². The van der Waals surface area contributed by atoms with E-state index >= 15 is 0 Å². The van der Waals surface area contributed by atoms with Gasteiger partial charge in [0, 0.05) is 11.1 Å². The summed E-state index contributed by atoms with van der Waals surface area (Å²) in [6.07, 6.45) is 3.78. The lowest BCUT2D eigenvalue weighted by Crippen LogP contribution is -2.47. The van der Waals surface area contributed by atoms with E-state index in [2.05, 4.69) is 12.2 Å². The molecule has 0 radical (unpaired) electrons. The molecule has 19 heavy (non-hydrogen) atoms. The van der Waals surface area contributed by atoms with Crippen LogP contribution in [0.25, 0.3) is 11.3 Å². The molecule has 2 aromatic rings. The van der Waals surface area contributed by atoms with Crippen molar-refractivity contribution in [3.05, 3.63) is 48.0 Å². The molecule has 1 aromatic carbocycles. The fourth-order valence-corrected chi connectivity index (χ4v) is 2.43. The Labute approximate surface area is 112 Å². The Balaban J connectivity index is 1.67. The van der Waals surface area contributed by atoms with E-state index in [1.165, 1.54) is 31.4 Å². The fourth-order valence-electron chi connectivity index (χ4n) is 2.43. The number of hydrogen-bond acceptors (Lipinski definition) is 2. The number of rotatable bonds is 4. The van der Waals surface area contributed by atoms with Crippen LogP contribution in [0.15, 0.2) is 40.8 Å². The molecule has 2 nitrogen and oxygen atoms in total. The van der Waals surface area contributed by atoms with E-state index < -0.39 is 0 Å². The molecule has 100 valence electrons. The zero-order valence-corrected chi connectivity index (χ0v) is 11.1. The van der Waals surface area contributed by atoms with Gasteiger partial charge < -0.3 is 9.73 Å². The summed E-state index contributed by atoms with van der Waals surface area (Å²) < 4.78 is 18.7. The molecule has 3 rings (SSSR count). The molecule has 1 N–H and O–H groups in total. The lowest BCUT2D eigenvalue weighted by Gasteiger charge is -2.39. The first-order valence-corrected chi connectivity index (χ1v) is 6.74. The van der Waals surface area contributed by atoms with E-state index in [9.17, 15) is 4.39 Å². The SMILES string of the molecule is CC1(NCc2ccc(-c3ccc(F)cc3)o2)CCC1. The van der Waals surface area contributed by atoms with E-state index in [1.807, 2.05) is 12.1 Å². The molecule has 1 aliphatic rings. The average Bonchev–Trinajstić information content (AvgIpc) is 2.84. The first-order chi connectivity index (χ1) is 9.15. The van der Waals surface area contributed by atoms with Crippen molar-refractivity contribution in [1.82, 2.24) is 5.32 Å². The highest BCUT2D eigenvalue weighted by Crippen LogP contribution is 2.31. The Kier molecular flexibility index (Phi) is 3.15. The smallest absolute Gasteiger partial charge is 0.134 e. The second kappa shape index (κ2) is 4.82. The fraction of sp³-hybridized carbons (Fsp3) is 0.375. The molecule has 1 heterocycles. The maximum absolute atomic E-state index is 12.9. The summed E-state index contributed by atoms with van der Waals surface area (Å²) in [4.78, 5) is 0. The lowest BCUT2D eigenvalue weighted by molar-refractivity contribution is 0.201. The van der Waals surface area contributed by atoms with Gasteiger partial charge in [0.2, 0.25) is 0 Å². The van der Waals surface area contributed by atoms with Gasteiger partial charge in [-0.05, 0) is 62.6 Å². The van der Waals surface area contributed by atoms with Gasteiger partial charge in [0.1, 0.15) is 17.3 Å². The highest BCUT2D eigenvalue weighted by atomic mass is 19.1. The van der Waals surface area contributed by atoms with Gasteiger partial charge >= 0.3 is 0 Å². The number of nitrogens with one attached hydrogen (secondary N) is 1. The average molecular weight is 259 g/mol. The highest BCUT2D eigenvalue weighted by molar-refractivity contribution is 5.57. The molecule has 1 aliphatic carbocycles. The van der Waals surface area contributed by atoms with Crippen molar-refractivity contribution in [1.29, 1.82) is 0 Å². The third-order valence-corrected chi connectivity index (χ3v) is 3.94. The van der Waals surface area contributed by atoms with E-state index in [1.54, 1.807) is 12.1 Å². The minimum Gasteiger partial charge on any atom is -0.460 e. The maximum atomic E-state index is 12.9. The first kappa shape index (κ1) is 12.4. The Morgan fingerprint density at radius 1 is 1.16 bits per heavy atom. The van der Waals surface area contributed by atoms with Crippen LogP contribution in [0.5, 0.6) is 0 Å². The van der Waals surface area contributed by atoms with Crippen LogP contribution in [0.2, 0.25) is 0 Å². The van der Waals surface area contributed by atoms with Crippen molar-refractivity contribution in [3.63, 3.8) is 0 Å². The van der Waals surface area contributed by atoms with Crippen molar-refractivity contribution in [2.75, 3.05) is 0 Å². The predicted octanol–water partition coefficient (Wildman–Crippen LogP) is 4.12. The van der Waals surface area contributed by atoms with Crippen LogP contribution in [0.3, 0.4) is 0 Å². The quantitative estimate of drug-likeness (QED) is 0.893. The molecule has 0 amide bonds. The lowest BCUT2D eigenvalue weighted by atomic mass is 9.78. The summed E-state index contributed by atoms with van der Waals surface area (Å²) in [6, 6.07) is 10.3. The van der Waals surface area contributed by atoms with Crippen LogP contribution < -0.4 is 5.32 Å². The van der Waals surface area contributed by atoms with Gasteiger partial charge in [-0.25, -0.2) is 4.39 Å². The Morgan fingerprint density at radius 2 is 1.89 bits per heavy atom. The second-order valence-electron chi connectivity index (χ2n) is 5.54. The van der Waals surface area contributed by atoms with E-state index in [4.69, 9.17) is 4.42 Å². The minimum atomic E-state index is -0.227. The summed E-state index contributed by atoms with van der Waals surface area (Å²) in [6.45, 7) is 3.00. The molecule has 0 spiro atoms. The van der Waals surface area contributed by atoms with Crippen LogP contribution in [0, 0.1) is 5.82 Å². The van der Waals surface area contributed by atoms with Crippen LogP contribution in [-0.4, -0.2) is 5.54 Å². The summed E-state index contributed by atoms with van der Waals surface area (Å²) in [7, 11) is 0. The standard InChI is InChI=1S/C16H18FNO/c1-16(9-2-10-16)18-11-14-7-8-15(19-14)12-3-5-13(17)6-4-12/h3-8,18H,2,9-11H2,1H3. The monoisotopic (exact) mass is 259 g/mol. The van der Waals surface area contributed by atoms with Gasteiger partial charge in [-0.3, -0.25) is 0 Å². The van der Waals surface area contributed by atoms with Gasteiger partial charge in [0.15, 0.2) is 0 Å². The molecule has 0 saturated heterocycles. The zero-order chi connectivity index (χ0) is 13.3. The molecule has 0 aliphatic heterocycles. The second-order valence-corrected chi connectivity index (χ2v) is 5.54. The van der Waals surface area contributed by atoms with Crippen molar-refractivity contribution in [2.24, 2.45) is 0 Å². The van der Waals surface area contributed by atoms with E-state index in [0.717, 1.165) is 23.6 Å². The first-order valence-electron chi connectivity index (χ1n) is 6.74. The Bertz CT molecular complexity index is 554. The Hall–Kier alpha value is -1.61. The Morgan fingerprint density at radius 3 is 2.53 bits per heavy atom. The van der Waals surface area contributed by atoms with Gasteiger partial charge in [-0.2, -0.15) is 0 Å². The molecule has 3 heteroatoms. The van der Waals surface area contributed by atoms with Crippen molar-refractivity contribution >= 4 is 0 Å². The van der Waals surface area contributed by atoms with Crippen LogP contribution in [0.1, 0.15) is 31.9 Å². The largest absolute Gasteiger partial charge is 0.460 e. The normalized spacial score (nSPS) is 17.2. The molecular weight excluding hydrogens is 241 g/mol.